The topological polar surface area (TPSA) is 75.7 Å². The van der Waals surface area contributed by atoms with Crippen molar-refractivity contribution in [2.24, 2.45) is 0 Å². The lowest BCUT2D eigenvalue weighted by Gasteiger charge is -2.35. The number of carbonyl (C=O) groups excluding carboxylic acids is 1. The number of rotatable bonds is 4. The van der Waals surface area contributed by atoms with Crippen LogP contribution in [-0.2, 0) is 14.8 Å². The molecular weight excluding hydrogens is 411 g/mol. The summed E-state index contributed by atoms with van der Waals surface area (Å²) in [7, 11) is -2.68. The molecule has 1 unspecified atom stereocenters. The van der Waals surface area contributed by atoms with Gasteiger partial charge in [0.15, 0.2) is 0 Å². The van der Waals surface area contributed by atoms with E-state index < -0.39 is 22.0 Å². The van der Waals surface area contributed by atoms with Gasteiger partial charge in [-0.05, 0) is 29.8 Å². The van der Waals surface area contributed by atoms with Crippen LogP contribution in [0.25, 0.3) is 0 Å². The number of nitrogens with one attached hydrogen (secondary N) is 1. The summed E-state index contributed by atoms with van der Waals surface area (Å²) in [5.41, 5.74) is 0.821. The maximum Gasteiger partial charge on any atom is 0.339 e. The van der Waals surface area contributed by atoms with Crippen molar-refractivity contribution in [2.75, 3.05) is 26.7 Å². The van der Waals surface area contributed by atoms with Crippen LogP contribution in [0.3, 0.4) is 0 Å². The lowest BCUT2D eigenvalue weighted by molar-refractivity contribution is 0.0596. The summed E-state index contributed by atoms with van der Waals surface area (Å²) in [6.07, 6.45) is 0. The van der Waals surface area contributed by atoms with Crippen LogP contribution in [0.15, 0.2) is 53.4 Å². The van der Waals surface area contributed by atoms with Crippen molar-refractivity contribution in [2.45, 2.75) is 10.9 Å². The molecule has 0 aromatic heterocycles. The van der Waals surface area contributed by atoms with Gasteiger partial charge in [0.25, 0.3) is 0 Å². The predicted octanol–water partition coefficient (Wildman–Crippen LogP) is 2.88. The third-order valence-electron chi connectivity index (χ3n) is 4.31. The second-order valence-corrected chi connectivity index (χ2v) is 8.17. The number of ether oxygens (including phenoxy) is 1. The molecular formula is C18H20Cl2N2O4S. The maximum atomic E-state index is 13.4. The predicted molar refractivity (Wildman–Crippen MR) is 106 cm³/mol. The SMILES string of the molecule is COC(=O)c1ccccc1S(=O)(=O)N1CCNCC1c1cccc(Cl)c1.Cl. The van der Waals surface area contributed by atoms with Gasteiger partial charge in [0.05, 0.1) is 23.6 Å². The van der Waals surface area contributed by atoms with Gasteiger partial charge in [0.1, 0.15) is 0 Å². The van der Waals surface area contributed by atoms with Crippen molar-refractivity contribution < 1.29 is 17.9 Å². The quantitative estimate of drug-likeness (QED) is 0.754. The van der Waals surface area contributed by atoms with Crippen LogP contribution >= 0.6 is 24.0 Å². The van der Waals surface area contributed by atoms with Crippen molar-refractivity contribution in [3.63, 3.8) is 0 Å². The molecule has 6 nitrogen and oxygen atoms in total. The fourth-order valence-corrected chi connectivity index (χ4v) is 5.06. The van der Waals surface area contributed by atoms with Gasteiger partial charge in [-0.1, -0.05) is 35.9 Å². The highest BCUT2D eigenvalue weighted by molar-refractivity contribution is 7.89. The zero-order valence-corrected chi connectivity index (χ0v) is 17.0. The molecule has 1 heterocycles. The normalized spacial score (nSPS) is 17.8. The standard InChI is InChI=1S/C18H19ClN2O4S.ClH/c1-25-18(22)15-7-2-3-8-17(15)26(23,24)21-10-9-20-12-16(21)13-5-4-6-14(19)11-13;/h2-8,11,16,20H,9-10,12H2,1H3;1H. The molecule has 2 aromatic rings. The molecule has 3 rings (SSSR count). The molecule has 0 radical (unpaired) electrons. The Morgan fingerprint density at radius 1 is 1.22 bits per heavy atom. The van der Waals surface area contributed by atoms with E-state index in [9.17, 15) is 13.2 Å². The lowest BCUT2D eigenvalue weighted by atomic mass is 10.1. The molecule has 0 spiro atoms. The fourth-order valence-electron chi connectivity index (χ4n) is 3.07. The van der Waals surface area contributed by atoms with Crippen LogP contribution in [0, 0.1) is 0 Å². The van der Waals surface area contributed by atoms with Gasteiger partial charge in [-0.15, -0.1) is 12.4 Å². The molecule has 1 atom stereocenters. The van der Waals surface area contributed by atoms with Crippen molar-refractivity contribution in [1.82, 2.24) is 9.62 Å². The highest BCUT2D eigenvalue weighted by atomic mass is 35.5. The van der Waals surface area contributed by atoms with E-state index in [2.05, 4.69) is 5.32 Å². The summed E-state index contributed by atoms with van der Waals surface area (Å²) in [6.45, 7) is 1.27. The molecule has 27 heavy (non-hydrogen) atoms. The summed E-state index contributed by atoms with van der Waals surface area (Å²) in [6, 6.07) is 12.8. The average Bonchev–Trinajstić information content (AvgIpc) is 2.67. The Kier molecular flexibility index (Phi) is 7.25. The number of hydrogen-bond acceptors (Lipinski definition) is 5. The number of carbonyl (C=O) groups is 1. The first-order valence-corrected chi connectivity index (χ1v) is 9.92. The molecule has 0 saturated carbocycles. The first-order chi connectivity index (χ1) is 12.4. The second-order valence-electron chi connectivity index (χ2n) is 5.88. The number of sulfonamides is 1. The van der Waals surface area contributed by atoms with E-state index in [-0.39, 0.29) is 29.4 Å². The molecule has 1 aliphatic rings. The second kappa shape index (κ2) is 9.03. The number of nitrogens with zero attached hydrogens (tertiary/aromatic N) is 1. The molecule has 146 valence electrons. The zero-order chi connectivity index (χ0) is 18.7. The Hall–Kier alpha value is -1.64. The summed E-state index contributed by atoms with van der Waals surface area (Å²) in [5.74, 6) is -0.682. The van der Waals surface area contributed by atoms with Gasteiger partial charge in [0, 0.05) is 24.7 Å². The van der Waals surface area contributed by atoms with E-state index in [4.69, 9.17) is 16.3 Å². The Labute approximate surface area is 169 Å². The molecule has 0 aliphatic carbocycles. The highest BCUT2D eigenvalue weighted by Crippen LogP contribution is 2.31. The molecule has 1 saturated heterocycles. The molecule has 2 aromatic carbocycles. The van der Waals surface area contributed by atoms with Gasteiger partial charge in [0.2, 0.25) is 10.0 Å². The van der Waals surface area contributed by atoms with Crippen molar-refractivity contribution in [1.29, 1.82) is 0 Å². The highest BCUT2D eigenvalue weighted by Gasteiger charge is 2.36. The Balaban J connectivity index is 0.00000261. The van der Waals surface area contributed by atoms with E-state index in [1.807, 2.05) is 6.07 Å². The van der Waals surface area contributed by atoms with E-state index >= 15 is 0 Å². The number of hydrogen-bond donors (Lipinski definition) is 1. The van der Waals surface area contributed by atoms with E-state index in [1.165, 1.54) is 23.5 Å². The number of benzene rings is 2. The minimum Gasteiger partial charge on any atom is -0.465 e. The van der Waals surface area contributed by atoms with E-state index in [0.29, 0.717) is 18.1 Å². The molecule has 0 bridgehead atoms. The van der Waals surface area contributed by atoms with Crippen molar-refractivity contribution in [3.8, 4) is 0 Å². The minimum absolute atomic E-state index is 0. The third-order valence-corrected chi connectivity index (χ3v) is 6.51. The van der Waals surface area contributed by atoms with E-state index in [0.717, 1.165) is 5.56 Å². The van der Waals surface area contributed by atoms with Crippen LogP contribution in [-0.4, -0.2) is 45.4 Å². The lowest BCUT2D eigenvalue weighted by Crippen LogP contribution is -2.48. The van der Waals surface area contributed by atoms with Crippen LogP contribution in [0.5, 0.6) is 0 Å². The summed E-state index contributed by atoms with van der Waals surface area (Å²) < 4.78 is 32.9. The molecule has 1 aliphatic heterocycles. The summed E-state index contributed by atoms with van der Waals surface area (Å²) in [5, 5.41) is 3.76. The van der Waals surface area contributed by atoms with Crippen LogP contribution < -0.4 is 5.32 Å². The van der Waals surface area contributed by atoms with Gasteiger partial charge >= 0.3 is 5.97 Å². The Morgan fingerprint density at radius 3 is 2.67 bits per heavy atom. The zero-order valence-electron chi connectivity index (χ0n) is 14.6. The molecule has 1 N–H and O–H groups in total. The molecule has 9 heteroatoms. The summed E-state index contributed by atoms with van der Waals surface area (Å²) >= 11 is 6.08. The molecule has 1 fully saturated rings. The smallest absolute Gasteiger partial charge is 0.339 e. The summed E-state index contributed by atoms with van der Waals surface area (Å²) in [4.78, 5) is 12.0. The average molecular weight is 431 g/mol. The van der Waals surface area contributed by atoms with Crippen LogP contribution in [0.1, 0.15) is 22.0 Å². The van der Waals surface area contributed by atoms with Crippen LogP contribution in [0.2, 0.25) is 5.02 Å². The van der Waals surface area contributed by atoms with Gasteiger partial charge in [-0.2, -0.15) is 4.31 Å². The van der Waals surface area contributed by atoms with Gasteiger partial charge in [-0.3, -0.25) is 0 Å². The van der Waals surface area contributed by atoms with Crippen LogP contribution in [0.4, 0.5) is 0 Å². The largest absolute Gasteiger partial charge is 0.465 e. The monoisotopic (exact) mass is 430 g/mol. The first-order valence-electron chi connectivity index (χ1n) is 8.10. The maximum absolute atomic E-state index is 13.4. The number of halogens is 2. The Morgan fingerprint density at radius 2 is 1.96 bits per heavy atom. The van der Waals surface area contributed by atoms with Crippen molar-refractivity contribution >= 4 is 40.0 Å². The van der Waals surface area contributed by atoms with E-state index in [1.54, 1.807) is 30.3 Å². The number of esters is 1. The Bertz CT molecular complexity index is 921. The number of methoxy groups -OCH3 is 1. The minimum atomic E-state index is -3.91. The first kappa shape index (κ1) is 21.7. The van der Waals surface area contributed by atoms with Gasteiger partial charge in [-0.25, -0.2) is 13.2 Å². The number of piperazine rings is 1. The van der Waals surface area contributed by atoms with Gasteiger partial charge < -0.3 is 10.1 Å². The fraction of sp³-hybridized carbons (Fsp3) is 0.278. The molecule has 0 amide bonds. The third kappa shape index (κ3) is 4.44. The van der Waals surface area contributed by atoms with Crippen molar-refractivity contribution in [3.05, 3.63) is 64.7 Å².